The fourth-order valence-corrected chi connectivity index (χ4v) is 2.32. The Bertz CT molecular complexity index is 630. The van der Waals surface area contributed by atoms with Gasteiger partial charge in [0.15, 0.2) is 0 Å². The molecule has 1 fully saturated rings. The summed E-state index contributed by atoms with van der Waals surface area (Å²) in [6.45, 7) is 2.49. The van der Waals surface area contributed by atoms with Crippen molar-refractivity contribution in [2.45, 2.75) is 38.4 Å². The van der Waals surface area contributed by atoms with E-state index in [0.717, 1.165) is 29.4 Å². The number of carbonyl (C=O) groups is 1. The van der Waals surface area contributed by atoms with Crippen LogP contribution in [0.1, 0.15) is 25.5 Å². The van der Waals surface area contributed by atoms with Gasteiger partial charge in [-0.15, -0.1) is 0 Å². The van der Waals surface area contributed by atoms with Gasteiger partial charge < -0.3 is 10.6 Å². The van der Waals surface area contributed by atoms with Crippen LogP contribution in [-0.4, -0.2) is 27.8 Å². The first-order valence-corrected chi connectivity index (χ1v) is 7.09. The van der Waals surface area contributed by atoms with Gasteiger partial charge in [0, 0.05) is 25.0 Å². The minimum atomic E-state index is -0.198. The maximum absolute atomic E-state index is 11.9. The van der Waals surface area contributed by atoms with Gasteiger partial charge >= 0.3 is 0 Å². The Balaban J connectivity index is 1.65. The Morgan fingerprint density at radius 1 is 1.45 bits per heavy atom. The molecule has 2 aromatic rings. The molecule has 1 aromatic heterocycles. The predicted octanol–water partition coefficient (Wildman–Crippen LogP) is 1.33. The molecule has 3 rings (SSSR count). The average Bonchev–Trinajstić information content (AvgIpc) is 3.21. The van der Waals surface area contributed by atoms with Gasteiger partial charge in [-0.1, -0.05) is 18.2 Å². The molecular formula is C15H20N4O. The molecule has 1 aliphatic rings. The molecule has 1 atom stereocenters. The van der Waals surface area contributed by atoms with Gasteiger partial charge in [0.05, 0.1) is 17.3 Å². The molecule has 106 valence electrons. The van der Waals surface area contributed by atoms with Crippen LogP contribution in [0.3, 0.4) is 0 Å². The number of aromatic nitrogens is 2. The third-order valence-electron chi connectivity index (χ3n) is 3.73. The highest BCUT2D eigenvalue weighted by Crippen LogP contribution is 2.19. The molecule has 5 heteroatoms. The van der Waals surface area contributed by atoms with Gasteiger partial charge in [-0.05, 0) is 25.8 Å². The summed E-state index contributed by atoms with van der Waals surface area (Å²) in [5, 5.41) is 11.9. The van der Waals surface area contributed by atoms with Gasteiger partial charge in [0.1, 0.15) is 0 Å². The first kappa shape index (κ1) is 13.1. The van der Waals surface area contributed by atoms with Crippen molar-refractivity contribution >= 4 is 16.8 Å². The highest BCUT2D eigenvalue weighted by molar-refractivity contribution is 5.83. The number of nitrogens with zero attached hydrogens (tertiary/aromatic N) is 2. The molecule has 0 saturated heterocycles. The zero-order valence-corrected chi connectivity index (χ0v) is 11.9. The monoisotopic (exact) mass is 272 g/mol. The number of amides is 1. The minimum absolute atomic E-state index is 0.0766. The van der Waals surface area contributed by atoms with Crippen LogP contribution in [0, 0.1) is 0 Å². The topological polar surface area (TPSA) is 59.0 Å². The highest BCUT2D eigenvalue weighted by Gasteiger charge is 2.25. The molecule has 2 N–H and O–H groups in total. The largest absolute Gasteiger partial charge is 0.352 e. The van der Waals surface area contributed by atoms with Crippen LogP contribution in [0.15, 0.2) is 24.3 Å². The zero-order chi connectivity index (χ0) is 14.1. The predicted molar refractivity (Wildman–Crippen MR) is 78.2 cm³/mol. The van der Waals surface area contributed by atoms with Crippen LogP contribution >= 0.6 is 0 Å². The smallest absolute Gasteiger partial charge is 0.237 e. The SMILES string of the molecule is CC(NCc1nn(C)c2ccccc12)C(=O)NC1CC1. The average molecular weight is 272 g/mol. The zero-order valence-electron chi connectivity index (χ0n) is 11.9. The molecule has 1 unspecified atom stereocenters. The van der Waals surface area contributed by atoms with Crippen molar-refractivity contribution in [3.05, 3.63) is 30.0 Å². The second-order valence-electron chi connectivity index (χ2n) is 5.47. The second-order valence-corrected chi connectivity index (χ2v) is 5.47. The fourth-order valence-electron chi connectivity index (χ4n) is 2.32. The minimum Gasteiger partial charge on any atom is -0.352 e. The number of hydrogen-bond acceptors (Lipinski definition) is 3. The van der Waals surface area contributed by atoms with E-state index >= 15 is 0 Å². The van der Waals surface area contributed by atoms with E-state index in [1.54, 1.807) is 0 Å². The quantitative estimate of drug-likeness (QED) is 0.863. The first-order chi connectivity index (χ1) is 9.65. The number of para-hydroxylation sites is 1. The second kappa shape index (κ2) is 5.25. The maximum Gasteiger partial charge on any atom is 0.237 e. The van der Waals surface area contributed by atoms with Gasteiger partial charge in [0.25, 0.3) is 0 Å². The Kier molecular flexibility index (Phi) is 3.44. The summed E-state index contributed by atoms with van der Waals surface area (Å²) in [5.74, 6) is 0.0766. The Morgan fingerprint density at radius 3 is 2.95 bits per heavy atom. The van der Waals surface area contributed by atoms with E-state index in [9.17, 15) is 4.79 Å². The molecule has 20 heavy (non-hydrogen) atoms. The van der Waals surface area contributed by atoms with Gasteiger partial charge in [0.2, 0.25) is 5.91 Å². The van der Waals surface area contributed by atoms with Crippen LogP contribution in [0.5, 0.6) is 0 Å². The van der Waals surface area contributed by atoms with E-state index in [1.807, 2.05) is 30.8 Å². The van der Waals surface area contributed by atoms with Gasteiger partial charge in [-0.3, -0.25) is 9.48 Å². The number of benzene rings is 1. The molecule has 1 heterocycles. The lowest BCUT2D eigenvalue weighted by molar-refractivity contribution is -0.122. The van der Waals surface area contributed by atoms with Crippen molar-refractivity contribution in [1.82, 2.24) is 20.4 Å². The molecule has 0 aliphatic heterocycles. The lowest BCUT2D eigenvalue weighted by Gasteiger charge is -2.12. The van der Waals surface area contributed by atoms with Crippen LogP contribution in [0.2, 0.25) is 0 Å². The van der Waals surface area contributed by atoms with Crippen molar-refractivity contribution in [3.8, 4) is 0 Å². The van der Waals surface area contributed by atoms with E-state index in [2.05, 4.69) is 27.9 Å². The third-order valence-corrected chi connectivity index (χ3v) is 3.73. The van der Waals surface area contributed by atoms with E-state index in [1.165, 1.54) is 0 Å². The number of nitrogens with one attached hydrogen (secondary N) is 2. The van der Waals surface area contributed by atoms with Crippen molar-refractivity contribution in [3.63, 3.8) is 0 Å². The molecule has 1 saturated carbocycles. The molecule has 0 radical (unpaired) electrons. The molecule has 5 nitrogen and oxygen atoms in total. The van der Waals surface area contributed by atoms with E-state index in [0.29, 0.717) is 12.6 Å². The Hall–Kier alpha value is -1.88. The number of hydrogen-bond donors (Lipinski definition) is 2. The molecule has 1 amide bonds. The van der Waals surface area contributed by atoms with Gasteiger partial charge in [-0.2, -0.15) is 5.10 Å². The van der Waals surface area contributed by atoms with Crippen LogP contribution in [0.25, 0.3) is 10.9 Å². The van der Waals surface area contributed by atoms with Crippen LogP contribution < -0.4 is 10.6 Å². The van der Waals surface area contributed by atoms with Crippen LogP contribution in [-0.2, 0) is 18.4 Å². The standard InChI is InChI=1S/C15H20N4O/c1-10(15(20)17-11-7-8-11)16-9-13-12-5-3-4-6-14(12)19(2)18-13/h3-6,10-11,16H,7-9H2,1-2H3,(H,17,20). The van der Waals surface area contributed by atoms with E-state index < -0.39 is 0 Å². The van der Waals surface area contributed by atoms with Crippen LogP contribution in [0.4, 0.5) is 0 Å². The molecule has 0 spiro atoms. The third kappa shape index (κ3) is 2.67. The Labute approximate surface area is 118 Å². The first-order valence-electron chi connectivity index (χ1n) is 7.09. The number of aryl methyl sites for hydroxylation is 1. The number of fused-ring (bicyclic) bond motifs is 1. The number of rotatable bonds is 5. The highest BCUT2D eigenvalue weighted by atomic mass is 16.2. The fraction of sp³-hybridized carbons (Fsp3) is 0.467. The summed E-state index contributed by atoms with van der Waals surface area (Å²) in [7, 11) is 1.94. The van der Waals surface area contributed by atoms with E-state index in [-0.39, 0.29) is 11.9 Å². The lowest BCUT2D eigenvalue weighted by Crippen LogP contribution is -2.42. The Morgan fingerprint density at radius 2 is 2.20 bits per heavy atom. The summed E-state index contributed by atoms with van der Waals surface area (Å²) in [6, 6.07) is 8.34. The molecule has 1 aromatic carbocycles. The molecular weight excluding hydrogens is 252 g/mol. The molecule has 1 aliphatic carbocycles. The molecule has 0 bridgehead atoms. The summed E-state index contributed by atoms with van der Waals surface area (Å²) in [5.41, 5.74) is 2.09. The van der Waals surface area contributed by atoms with E-state index in [4.69, 9.17) is 0 Å². The summed E-state index contributed by atoms with van der Waals surface area (Å²) < 4.78 is 1.88. The van der Waals surface area contributed by atoms with Crippen molar-refractivity contribution in [2.24, 2.45) is 7.05 Å². The van der Waals surface area contributed by atoms with Crippen molar-refractivity contribution < 1.29 is 4.79 Å². The van der Waals surface area contributed by atoms with Gasteiger partial charge in [-0.25, -0.2) is 0 Å². The van der Waals surface area contributed by atoms with Crippen molar-refractivity contribution in [2.75, 3.05) is 0 Å². The summed E-state index contributed by atoms with van der Waals surface area (Å²) >= 11 is 0. The normalized spacial score (nSPS) is 16.3. The summed E-state index contributed by atoms with van der Waals surface area (Å²) in [4.78, 5) is 11.9. The summed E-state index contributed by atoms with van der Waals surface area (Å²) in [6.07, 6.45) is 2.23. The van der Waals surface area contributed by atoms with Crippen molar-refractivity contribution in [1.29, 1.82) is 0 Å². The maximum atomic E-state index is 11.9. The number of carbonyl (C=O) groups excluding carboxylic acids is 1. The lowest BCUT2D eigenvalue weighted by atomic mass is 10.2.